The van der Waals surface area contributed by atoms with Crippen LogP contribution >= 0.6 is 0 Å². The van der Waals surface area contributed by atoms with Gasteiger partial charge in [-0.15, -0.1) is 0 Å². The zero-order chi connectivity index (χ0) is 19.7. The van der Waals surface area contributed by atoms with Crippen molar-refractivity contribution in [3.8, 4) is 6.07 Å². The maximum Gasteiger partial charge on any atom is 0.243 e. The number of aryl methyl sites for hydroxylation is 1. The fraction of sp³-hybridized carbons (Fsp3) is 0.278. The lowest BCUT2D eigenvalue weighted by Gasteiger charge is -2.33. The van der Waals surface area contributed by atoms with E-state index in [4.69, 9.17) is 5.26 Å². The van der Waals surface area contributed by atoms with Crippen LogP contribution in [0.3, 0.4) is 0 Å². The van der Waals surface area contributed by atoms with Crippen molar-refractivity contribution in [1.82, 2.24) is 8.61 Å². The molecular weight excluding hydrogens is 386 g/mol. The first-order chi connectivity index (χ1) is 12.7. The van der Waals surface area contributed by atoms with Gasteiger partial charge in [-0.1, -0.05) is 23.8 Å². The van der Waals surface area contributed by atoms with Crippen molar-refractivity contribution >= 4 is 20.0 Å². The standard InChI is InChI=1S/C18H19N3O4S2/c1-15-5-7-17(8-6-15)26(22,23)20-9-11-21(12-10-20)27(24,25)18-4-2-3-16(13-18)14-19/h2-8,13H,9-12H2,1H3. The van der Waals surface area contributed by atoms with Gasteiger partial charge in [0.2, 0.25) is 20.0 Å². The van der Waals surface area contributed by atoms with Crippen LogP contribution in [0.4, 0.5) is 0 Å². The van der Waals surface area contributed by atoms with Gasteiger partial charge < -0.3 is 0 Å². The van der Waals surface area contributed by atoms with Crippen molar-refractivity contribution in [3.05, 3.63) is 59.7 Å². The van der Waals surface area contributed by atoms with Gasteiger partial charge in [-0.3, -0.25) is 0 Å². The molecule has 9 heteroatoms. The van der Waals surface area contributed by atoms with Gasteiger partial charge >= 0.3 is 0 Å². The van der Waals surface area contributed by atoms with Crippen molar-refractivity contribution in [1.29, 1.82) is 5.26 Å². The Balaban J connectivity index is 1.76. The second-order valence-corrected chi connectivity index (χ2v) is 10.1. The molecule has 27 heavy (non-hydrogen) atoms. The van der Waals surface area contributed by atoms with Crippen LogP contribution in [-0.2, 0) is 20.0 Å². The van der Waals surface area contributed by atoms with Gasteiger partial charge in [0.05, 0.1) is 21.4 Å². The van der Waals surface area contributed by atoms with Crippen LogP contribution in [0, 0.1) is 18.3 Å². The van der Waals surface area contributed by atoms with E-state index in [1.807, 2.05) is 13.0 Å². The highest BCUT2D eigenvalue weighted by Gasteiger charge is 2.33. The van der Waals surface area contributed by atoms with Crippen LogP contribution in [0.15, 0.2) is 58.3 Å². The number of hydrogen-bond donors (Lipinski definition) is 0. The molecule has 0 aromatic heterocycles. The van der Waals surface area contributed by atoms with Crippen molar-refractivity contribution in [2.45, 2.75) is 16.7 Å². The Hall–Kier alpha value is -2.25. The third kappa shape index (κ3) is 3.89. The quantitative estimate of drug-likeness (QED) is 0.769. The summed E-state index contributed by atoms with van der Waals surface area (Å²) in [4.78, 5) is 0.238. The summed E-state index contributed by atoms with van der Waals surface area (Å²) >= 11 is 0. The summed E-state index contributed by atoms with van der Waals surface area (Å²) in [6, 6.07) is 14.3. The second-order valence-electron chi connectivity index (χ2n) is 6.26. The largest absolute Gasteiger partial charge is 0.243 e. The number of hydrogen-bond acceptors (Lipinski definition) is 5. The van der Waals surface area contributed by atoms with E-state index in [1.54, 1.807) is 24.3 Å². The average molecular weight is 406 g/mol. The first-order valence-corrected chi connectivity index (χ1v) is 11.2. The zero-order valence-corrected chi connectivity index (χ0v) is 16.4. The molecule has 0 radical (unpaired) electrons. The number of rotatable bonds is 4. The van der Waals surface area contributed by atoms with E-state index < -0.39 is 20.0 Å². The molecule has 0 bridgehead atoms. The van der Waals surface area contributed by atoms with Gasteiger partial charge in [0.1, 0.15) is 0 Å². The number of nitriles is 1. The van der Waals surface area contributed by atoms with Crippen LogP contribution in [0.25, 0.3) is 0 Å². The minimum atomic E-state index is -3.77. The summed E-state index contributed by atoms with van der Waals surface area (Å²) in [6.45, 7) is 2.15. The Bertz CT molecular complexity index is 1080. The molecule has 1 saturated heterocycles. The molecule has 0 unspecified atom stereocenters. The maximum atomic E-state index is 12.8. The third-order valence-electron chi connectivity index (χ3n) is 4.46. The summed E-state index contributed by atoms with van der Waals surface area (Å²) in [5.74, 6) is 0. The Kier molecular flexibility index (Phi) is 5.35. The van der Waals surface area contributed by atoms with E-state index in [1.165, 1.54) is 32.9 Å². The van der Waals surface area contributed by atoms with Gasteiger partial charge in [-0.2, -0.15) is 13.9 Å². The summed E-state index contributed by atoms with van der Waals surface area (Å²) < 4.78 is 53.6. The topological polar surface area (TPSA) is 98.6 Å². The molecule has 0 atom stereocenters. The van der Waals surface area contributed by atoms with Crippen LogP contribution in [0.5, 0.6) is 0 Å². The molecule has 2 aromatic rings. The molecular formula is C18H19N3O4S2. The highest BCUT2D eigenvalue weighted by molar-refractivity contribution is 7.89. The first kappa shape index (κ1) is 19.5. The normalized spacial score (nSPS) is 16.7. The van der Waals surface area contributed by atoms with Gasteiger partial charge in [0.25, 0.3) is 0 Å². The molecule has 2 aromatic carbocycles. The molecule has 142 valence electrons. The number of nitrogens with zero attached hydrogens (tertiary/aromatic N) is 3. The van der Waals surface area contributed by atoms with E-state index in [0.29, 0.717) is 0 Å². The van der Waals surface area contributed by atoms with E-state index in [-0.39, 0.29) is 41.5 Å². The summed E-state index contributed by atoms with van der Waals surface area (Å²) in [5, 5.41) is 8.96. The minimum Gasteiger partial charge on any atom is -0.207 e. The summed E-state index contributed by atoms with van der Waals surface area (Å²) in [7, 11) is -7.43. The smallest absolute Gasteiger partial charge is 0.207 e. The molecule has 3 rings (SSSR count). The van der Waals surface area contributed by atoms with Gasteiger partial charge in [0, 0.05) is 26.2 Å². The molecule has 1 aliphatic rings. The van der Waals surface area contributed by atoms with Crippen LogP contribution in [0.2, 0.25) is 0 Å². The van der Waals surface area contributed by atoms with Crippen LogP contribution in [0.1, 0.15) is 11.1 Å². The molecule has 1 heterocycles. The number of benzene rings is 2. The highest BCUT2D eigenvalue weighted by Crippen LogP contribution is 2.22. The molecule has 0 saturated carbocycles. The third-order valence-corrected chi connectivity index (χ3v) is 8.26. The predicted molar refractivity (Wildman–Crippen MR) is 99.9 cm³/mol. The summed E-state index contributed by atoms with van der Waals surface area (Å²) in [6.07, 6.45) is 0. The van der Waals surface area contributed by atoms with Crippen LogP contribution < -0.4 is 0 Å². The predicted octanol–water partition coefficient (Wildman–Crippen LogP) is 1.56. The molecule has 1 fully saturated rings. The molecule has 0 aliphatic carbocycles. The van der Waals surface area contributed by atoms with Crippen molar-refractivity contribution in [2.75, 3.05) is 26.2 Å². The van der Waals surface area contributed by atoms with Crippen LogP contribution in [-0.4, -0.2) is 51.6 Å². The van der Waals surface area contributed by atoms with Crippen molar-refractivity contribution in [3.63, 3.8) is 0 Å². The SMILES string of the molecule is Cc1ccc(S(=O)(=O)N2CCN(S(=O)(=O)c3cccc(C#N)c3)CC2)cc1. The lowest BCUT2D eigenvalue weighted by molar-refractivity contribution is 0.273. The highest BCUT2D eigenvalue weighted by atomic mass is 32.2. The molecule has 7 nitrogen and oxygen atoms in total. The fourth-order valence-corrected chi connectivity index (χ4v) is 5.78. The monoisotopic (exact) mass is 405 g/mol. The lowest BCUT2D eigenvalue weighted by Crippen LogP contribution is -2.50. The Morgan fingerprint density at radius 3 is 1.85 bits per heavy atom. The Morgan fingerprint density at radius 1 is 0.815 bits per heavy atom. The average Bonchev–Trinajstić information content (AvgIpc) is 2.68. The van der Waals surface area contributed by atoms with E-state index in [2.05, 4.69) is 0 Å². The number of sulfonamides is 2. The van der Waals surface area contributed by atoms with E-state index in [9.17, 15) is 16.8 Å². The second kappa shape index (κ2) is 7.40. The van der Waals surface area contributed by atoms with E-state index in [0.717, 1.165) is 5.56 Å². The molecule has 0 spiro atoms. The number of piperazine rings is 1. The van der Waals surface area contributed by atoms with Crippen molar-refractivity contribution < 1.29 is 16.8 Å². The Labute approximate surface area is 159 Å². The fourth-order valence-electron chi connectivity index (χ4n) is 2.88. The van der Waals surface area contributed by atoms with Gasteiger partial charge in [-0.05, 0) is 37.3 Å². The minimum absolute atomic E-state index is 0.0383. The maximum absolute atomic E-state index is 12.8. The summed E-state index contributed by atoms with van der Waals surface area (Å²) in [5.41, 5.74) is 1.22. The lowest BCUT2D eigenvalue weighted by atomic mass is 10.2. The first-order valence-electron chi connectivity index (χ1n) is 8.32. The molecule has 0 amide bonds. The Morgan fingerprint density at radius 2 is 1.33 bits per heavy atom. The van der Waals surface area contributed by atoms with Crippen molar-refractivity contribution in [2.24, 2.45) is 0 Å². The van der Waals surface area contributed by atoms with Gasteiger partial charge in [-0.25, -0.2) is 16.8 Å². The zero-order valence-electron chi connectivity index (χ0n) is 14.7. The van der Waals surface area contributed by atoms with E-state index >= 15 is 0 Å². The molecule has 0 N–H and O–H groups in total. The molecule has 1 aliphatic heterocycles. The van der Waals surface area contributed by atoms with Gasteiger partial charge in [0.15, 0.2) is 0 Å².